The van der Waals surface area contributed by atoms with E-state index in [0.717, 1.165) is 33.4 Å². The summed E-state index contributed by atoms with van der Waals surface area (Å²) in [4.78, 5) is 0.241. The molecule has 4 aromatic rings. The van der Waals surface area contributed by atoms with Crippen molar-refractivity contribution in [3.63, 3.8) is 0 Å². The van der Waals surface area contributed by atoms with E-state index in [4.69, 9.17) is 4.18 Å². The third-order valence-corrected chi connectivity index (χ3v) is 7.50. The first-order valence-corrected chi connectivity index (χ1v) is 13.1. The summed E-state index contributed by atoms with van der Waals surface area (Å²) in [5.74, 6) is 0.534. The second kappa shape index (κ2) is 10.3. The molecule has 8 heteroatoms. The van der Waals surface area contributed by atoms with E-state index in [9.17, 15) is 12.6 Å². The fourth-order valence-corrected chi connectivity index (χ4v) is 4.59. The van der Waals surface area contributed by atoms with Crippen LogP contribution in [0.15, 0.2) is 102 Å². The molecule has 174 valence electrons. The Labute approximate surface area is 202 Å². The van der Waals surface area contributed by atoms with Gasteiger partial charge < -0.3 is 4.18 Å². The lowest BCUT2D eigenvalue weighted by Gasteiger charge is -2.08. The molecule has 0 fully saturated rings. The van der Waals surface area contributed by atoms with Gasteiger partial charge in [0.25, 0.3) is 11.3 Å². The smallest absolute Gasteiger partial charge is 0.287 e. The van der Waals surface area contributed by atoms with E-state index in [1.807, 2.05) is 24.3 Å². The lowest BCUT2D eigenvalue weighted by Crippen LogP contribution is -2.18. The number of rotatable bonds is 8. The molecule has 0 heterocycles. The molecule has 34 heavy (non-hydrogen) atoms. The Bertz CT molecular complexity index is 1380. The third kappa shape index (κ3) is 5.43. The fourth-order valence-electron chi connectivity index (χ4n) is 3.49. The number of hydrogen-bond acceptors (Lipinski definition) is 4. The second-order valence-electron chi connectivity index (χ2n) is 7.43. The summed E-state index contributed by atoms with van der Waals surface area (Å²) < 4.78 is 45.3. The molecule has 0 radical (unpaired) electrons. The van der Waals surface area contributed by atoms with Crippen molar-refractivity contribution in [2.75, 3.05) is 14.1 Å². The van der Waals surface area contributed by atoms with Crippen molar-refractivity contribution in [2.45, 2.75) is 4.90 Å². The molecule has 4 aromatic carbocycles. The minimum absolute atomic E-state index is 0.241. The van der Waals surface area contributed by atoms with Crippen LogP contribution in [0, 0.1) is 0 Å². The van der Waals surface area contributed by atoms with E-state index < -0.39 is 21.3 Å². The molecule has 0 spiro atoms. The van der Waals surface area contributed by atoms with Crippen LogP contribution >= 0.6 is 0 Å². The number of nitrogens with one attached hydrogen (secondary N) is 2. The highest BCUT2D eigenvalue weighted by atomic mass is 32.2. The minimum Gasteiger partial charge on any atom is -0.389 e. The Morgan fingerprint density at radius 3 is 1.24 bits per heavy atom. The predicted molar refractivity (Wildman–Crippen MR) is 137 cm³/mol. The molecule has 6 nitrogen and oxygen atoms in total. The Hall–Kier alpha value is -3.30. The topological polar surface area (TPSA) is 84.5 Å². The first-order valence-electron chi connectivity index (χ1n) is 10.5. The summed E-state index contributed by atoms with van der Waals surface area (Å²) in [5.41, 5.74) is 6.24. The van der Waals surface area contributed by atoms with Gasteiger partial charge in [0.15, 0.2) is 0 Å². The van der Waals surface area contributed by atoms with Gasteiger partial charge in [-0.05, 0) is 71.7 Å². The van der Waals surface area contributed by atoms with E-state index in [-0.39, 0.29) is 4.90 Å². The zero-order valence-electron chi connectivity index (χ0n) is 18.7. The molecule has 0 aromatic heterocycles. The van der Waals surface area contributed by atoms with Gasteiger partial charge in [0, 0.05) is 0 Å². The Morgan fingerprint density at radius 2 is 0.912 bits per heavy atom. The summed E-state index contributed by atoms with van der Waals surface area (Å²) >= 11 is -1.55. The zero-order valence-corrected chi connectivity index (χ0v) is 20.3. The van der Waals surface area contributed by atoms with E-state index in [1.54, 1.807) is 43.4 Å². The van der Waals surface area contributed by atoms with Crippen molar-refractivity contribution in [1.82, 2.24) is 9.44 Å². The van der Waals surface area contributed by atoms with Crippen molar-refractivity contribution in [1.29, 1.82) is 0 Å². The normalized spacial score (nSPS) is 12.3. The Morgan fingerprint density at radius 1 is 0.588 bits per heavy atom. The summed E-state index contributed by atoms with van der Waals surface area (Å²) in [6.45, 7) is 0. The maximum atomic E-state index is 11.9. The number of benzene rings is 4. The van der Waals surface area contributed by atoms with E-state index in [1.165, 1.54) is 7.05 Å². The molecule has 1 atom stereocenters. The molecule has 0 amide bonds. The van der Waals surface area contributed by atoms with Crippen LogP contribution in [0.1, 0.15) is 0 Å². The van der Waals surface area contributed by atoms with Gasteiger partial charge in [-0.3, -0.25) is 0 Å². The molecule has 4 rings (SSSR count). The Balaban J connectivity index is 1.48. The quantitative estimate of drug-likeness (QED) is 0.371. The molecule has 0 saturated heterocycles. The molecule has 0 bridgehead atoms. The van der Waals surface area contributed by atoms with Crippen LogP contribution in [0.4, 0.5) is 0 Å². The molecular formula is C26H24N2O4S2. The van der Waals surface area contributed by atoms with Gasteiger partial charge in [-0.25, -0.2) is 17.9 Å². The van der Waals surface area contributed by atoms with Crippen LogP contribution in [0.5, 0.6) is 5.75 Å². The number of sulfonamides is 1. The van der Waals surface area contributed by atoms with Gasteiger partial charge >= 0.3 is 0 Å². The third-order valence-electron chi connectivity index (χ3n) is 5.40. The van der Waals surface area contributed by atoms with Crippen molar-refractivity contribution < 1.29 is 16.8 Å². The SMILES string of the molecule is CNS(=O)Oc1ccc(-c2ccc(-c3ccc(-c4ccc(S(=O)(=O)NC)cc4)cc3)cc2)cc1. The van der Waals surface area contributed by atoms with Crippen molar-refractivity contribution in [3.8, 4) is 39.1 Å². The first kappa shape index (κ1) is 23.8. The van der Waals surface area contributed by atoms with Gasteiger partial charge in [0.05, 0.1) is 4.90 Å². The van der Waals surface area contributed by atoms with Crippen LogP contribution in [0.25, 0.3) is 33.4 Å². The van der Waals surface area contributed by atoms with Crippen molar-refractivity contribution in [3.05, 3.63) is 97.1 Å². The van der Waals surface area contributed by atoms with Gasteiger partial charge in [-0.1, -0.05) is 72.8 Å². The van der Waals surface area contributed by atoms with Gasteiger partial charge in [0.1, 0.15) is 5.75 Å². The minimum atomic E-state index is -3.44. The summed E-state index contributed by atoms with van der Waals surface area (Å²) in [7, 11) is -0.478. The average Bonchev–Trinajstić information content (AvgIpc) is 2.89. The van der Waals surface area contributed by atoms with Crippen LogP contribution in [0.2, 0.25) is 0 Å². The lowest BCUT2D eigenvalue weighted by atomic mass is 9.98. The molecule has 0 aliphatic rings. The average molecular weight is 493 g/mol. The van der Waals surface area contributed by atoms with Crippen LogP contribution < -0.4 is 13.6 Å². The maximum absolute atomic E-state index is 11.9. The van der Waals surface area contributed by atoms with Crippen LogP contribution in [-0.2, 0) is 21.3 Å². The monoisotopic (exact) mass is 492 g/mol. The van der Waals surface area contributed by atoms with Gasteiger partial charge in [0.2, 0.25) is 10.0 Å². The highest BCUT2D eigenvalue weighted by Gasteiger charge is 2.11. The Kier molecular flexibility index (Phi) is 7.23. The van der Waals surface area contributed by atoms with Crippen LogP contribution in [-0.4, -0.2) is 26.7 Å². The van der Waals surface area contributed by atoms with Gasteiger partial charge in [-0.2, -0.15) is 4.21 Å². The molecule has 0 aliphatic heterocycles. The molecule has 0 aliphatic carbocycles. The van der Waals surface area contributed by atoms with Gasteiger partial charge in [-0.15, -0.1) is 0 Å². The highest BCUT2D eigenvalue weighted by molar-refractivity contribution is 7.89. The van der Waals surface area contributed by atoms with Crippen molar-refractivity contribution in [2.24, 2.45) is 0 Å². The van der Waals surface area contributed by atoms with Crippen LogP contribution in [0.3, 0.4) is 0 Å². The first-order chi connectivity index (χ1) is 16.4. The zero-order chi connectivity index (χ0) is 24.1. The highest BCUT2D eigenvalue weighted by Crippen LogP contribution is 2.28. The molecular weight excluding hydrogens is 468 g/mol. The molecule has 1 unspecified atom stereocenters. The summed E-state index contributed by atoms with van der Waals surface area (Å²) in [5, 5.41) is 0. The van der Waals surface area contributed by atoms with E-state index in [0.29, 0.717) is 5.75 Å². The summed E-state index contributed by atoms with van der Waals surface area (Å²) in [6.07, 6.45) is 0. The largest absolute Gasteiger partial charge is 0.389 e. The predicted octanol–water partition coefficient (Wildman–Crippen LogP) is 4.77. The second-order valence-corrected chi connectivity index (χ2v) is 10.4. The maximum Gasteiger partial charge on any atom is 0.287 e. The fraction of sp³-hybridized carbons (Fsp3) is 0.0769. The lowest BCUT2D eigenvalue weighted by molar-refractivity contribution is 0.554. The standard InChI is InChI=1S/C26H24N2O4S2/c1-27-33(29)32-25-15-11-23(12-16-25)21-7-3-19(4-8-21)20-5-9-22(10-6-20)24-13-17-26(18-14-24)34(30,31)28-2/h3-18,27-28H,1-2H3. The number of hydrogen-bond donors (Lipinski definition) is 2. The van der Waals surface area contributed by atoms with E-state index in [2.05, 4.69) is 45.8 Å². The molecule has 2 N–H and O–H groups in total. The van der Waals surface area contributed by atoms with Crippen molar-refractivity contribution >= 4 is 21.3 Å². The summed E-state index contributed by atoms with van der Waals surface area (Å²) in [6, 6.07) is 30.7. The van der Waals surface area contributed by atoms with E-state index >= 15 is 0 Å². The molecule has 0 saturated carbocycles.